The van der Waals surface area contributed by atoms with Gasteiger partial charge in [0.15, 0.2) is 0 Å². The lowest BCUT2D eigenvalue weighted by atomic mass is 10.0. The van der Waals surface area contributed by atoms with Gasteiger partial charge in [-0.25, -0.2) is 13.1 Å². The van der Waals surface area contributed by atoms with Crippen LogP contribution in [0.1, 0.15) is 47.6 Å². The zero-order valence-corrected chi connectivity index (χ0v) is 18.5. The van der Waals surface area contributed by atoms with Crippen LogP contribution in [0.25, 0.3) is 0 Å². The maximum atomic E-state index is 12.8. The molecule has 166 valence electrons. The van der Waals surface area contributed by atoms with Gasteiger partial charge in [0, 0.05) is 23.7 Å². The Bertz CT molecular complexity index is 1010. The van der Waals surface area contributed by atoms with E-state index in [0.29, 0.717) is 12.1 Å². The predicted molar refractivity (Wildman–Crippen MR) is 119 cm³/mol. The molecule has 0 spiro atoms. The van der Waals surface area contributed by atoms with Crippen molar-refractivity contribution in [3.05, 3.63) is 59.7 Å². The van der Waals surface area contributed by atoms with Crippen LogP contribution in [0.3, 0.4) is 0 Å². The summed E-state index contributed by atoms with van der Waals surface area (Å²) in [5.74, 6) is 0.588. The fourth-order valence-electron chi connectivity index (χ4n) is 4.00. The first-order valence-electron chi connectivity index (χ1n) is 10.8. The average molecular weight is 444 g/mol. The summed E-state index contributed by atoms with van der Waals surface area (Å²) >= 11 is 0. The standard InChI is InChI=1S/C23H29N3O4S/c1-30-22-7-3-2-6-20(22)21(26-14-4-5-15-26)16-24-23(27)17-8-12-19(13-9-17)31(28,29)25-18-10-11-18/h2-3,6-9,12-13,18,21,25H,4-5,10-11,14-16H2,1H3,(H,24,27). The number of ether oxygens (including phenoxy) is 1. The lowest BCUT2D eigenvalue weighted by Crippen LogP contribution is -2.37. The highest BCUT2D eigenvalue weighted by Crippen LogP contribution is 2.31. The van der Waals surface area contributed by atoms with Crippen molar-refractivity contribution < 1.29 is 17.9 Å². The van der Waals surface area contributed by atoms with Crippen LogP contribution in [-0.2, 0) is 10.0 Å². The van der Waals surface area contributed by atoms with Crippen molar-refractivity contribution in [3.63, 3.8) is 0 Å². The molecule has 1 saturated carbocycles. The smallest absolute Gasteiger partial charge is 0.251 e. The Morgan fingerprint density at radius 3 is 2.42 bits per heavy atom. The number of hydrogen-bond acceptors (Lipinski definition) is 5. The monoisotopic (exact) mass is 443 g/mol. The van der Waals surface area contributed by atoms with Gasteiger partial charge in [-0.2, -0.15) is 0 Å². The molecule has 1 heterocycles. The highest BCUT2D eigenvalue weighted by molar-refractivity contribution is 7.89. The van der Waals surface area contributed by atoms with Gasteiger partial charge in [-0.1, -0.05) is 18.2 Å². The van der Waals surface area contributed by atoms with E-state index in [1.807, 2.05) is 24.3 Å². The van der Waals surface area contributed by atoms with Crippen LogP contribution in [0.15, 0.2) is 53.4 Å². The molecule has 2 aromatic carbocycles. The number of nitrogens with one attached hydrogen (secondary N) is 2. The number of carbonyl (C=O) groups excluding carboxylic acids is 1. The third-order valence-electron chi connectivity index (χ3n) is 5.86. The van der Waals surface area contributed by atoms with Crippen molar-refractivity contribution in [3.8, 4) is 5.75 Å². The Morgan fingerprint density at radius 1 is 1.10 bits per heavy atom. The van der Waals surface area contributed by atoms with E-state index in [2.05, 4.69) is 14.9 Å². The molecule has 8 heteroatoms. The average Bonchev–Trinajstić information content (AvgIpc) is 3.42. The first-order chi connectivity index (χ1) is 15.0. The Kier molecular flexibility index (Phi) is 6.60. The second kappa shape index (κ2) is 9.38. The number of benzene rings is 2. The lowest BCUT2D eigenvalue weighted by molar-refractivity contribution is 0.0937. The number of nitrogens with zero attached hydrogens (tertiary/aromatic N) is 1. The number of rotatable bonds is 9. The first kappa shape index (κ1) is 21.8. The van der Waals surface area contributed by atoms with E-state index in [9.17, 15) is 13.2 Å². The van der Waals surface area contributed by atoms with Crippen molar-refractivity contribution in [1.29, 1.82) is 0 Å². The van der Waals surface area contributed by atoms with Gasteiger partial charge in [0.1, 0.15) is 5.75 Å². The van der Waals surface area contributed by atoms with Gasteiger partial charge >= 0.3 is 0 Å². The number of methoxy groups -OCH3 is 1. The fraction of sp³-hybridized carbons (Fsp3) is 0.435. The lowest BCUT2D eigenvalue weighted by Gasteiger charge is -2.29. The molecule has 1 aliphatic carbocycles. The Morgan fingerprint density at radius 2 is 1.77 bits per heavy atom. The summed E-state index contributed by atoms with van der Waals surface area (Å²) in [6.07, 6.45) is 4.04. The third-order valence-corrected chi connectivity index (χ3v) is 7.40. The van der Waals surface area contributed by atoms with Crippen LogP contribution in [0, 0.1) is 0 Å². The van der Waals surface area contributed by atoms with Crippen LogP contribution >= 0.6 is 0 Å². The molecule has 1 saturated heterocycles. The molecule has 1 unspecified atom stereocenters. The molecule has 2 aromatic rings. The molecule has 4 rings (SSSR count). The molecule has 0 radical (unpaired) electrons. The molecule has 2 N–H and O–H groups in total. The van der Waals surface area contributed by atoms with Crippen LogP contribution < -0.4 is 14.8 Å². The SMILES string of the molecule is COc1ccccc1C(CNC(=O)c1ccc(S(=O)(=O)NC2CC2)cc1)N1CCCC1. The van der Waals surface area contributed by atoms with Crippen molar-refractivity contribution in [1.82, 2.24) is 14.9 Å². The summed E-state index contributed by atoms with van der Waals surface area (Å²) in [6, 6.07) is 14.1. The summed E-state index contributed by atoms with van der Waals surface area (Å²) in [4.78, 5) is 15.3. The maximum absolute atomic E-state index is 12.8. The maximum Gasteiger partial charge on any atom is 0.251 e. The van der Waals surface area contributed by atoms with E-state index in [4.69, 9.17) is 4.74 Å². The van der Waals surface area contributed by atoms with Gasteiger partial charge in [-0.3, -0.25) is 9.69 Å². The summed E-state index contributed by atoms with van der Waals surface area (Å²) in [5, 5.41) is 3.02. The molecule has 1 amide bonds. The highest BCUT2D eigenvalue weighted by atomic mass is 32.2. The van der Waals surface area contributed by atoms with Gasteiger partial charge < -0.3 is 10.1 Å². The van der Waals surface area contributed by atoms with Crippen LogP contribution in [-0.4, -0.2) is 52.0 Å². The second-order valence-electron chi connectivity index (χ2n) is 8.13. The van der Waals surface area contributed by atoms with E-state index in [1.165, 1.54) is 12.1 Å². The molecule has 1 atom stereocenters. The Balaban J connectivity index is 1.45. The van der Waals surface area contributed by atoms with Gasteiger partial charge in [0.2, 0.25) is 10.0 Å². The fourth-order valence-corrected chi connectivity index (χ4v) is 5.30. The Labute approximate surface area is 183 Å². The number of sulfonamides is 1. The van der Waals surface area contributed by atoms with Crippen molar-refractivity contribution in [2.24, 2.45) is 0 Å². The summed E-state index contributed by atoms with van der Waals surface area (Å²) < 4.78 is 32.8. The zero-order chi connectivity index (χ0) is 21.8. The van der Waals surface area contributed by atoms with Gasteiger partial charge in [0.25, 0.3) is 5.91 Å². The van der Waals surface area contributed by atoms with Gasteiger partial charge in [0.05, 0.1) is 18.0 Å². The second-order valence-corrected chi connectivity index (χ2v) is 9.84. The van der Waals surface area contributed by atoms with Crippen LogP contribution in [0.2, 0.25) is 0 Å². The highest BCUT2D eigenvalue weighted by Gasteiger charge is 2.28. The molecule has 31 heavy (non-hydrogen) atoms. The van der Waals surface area contributed by atoms with Crippen molar-refractivity contribution >= 4 is 15.9 Å². The topological polar surface area (TPSA) is 87.7 Å². The molecule has 7 nitrogen and oxygen atoms in total. The minimum Gasteiger partial charge on any atom is -0.496 e. The summed E-state index contributed by atoms with van der Waals surface area (Å²) in [5.41, 5.74) is 1.49. The van der Waals surface area contributed by atoms with E-state index in [-0.39, 0.29) is 22.9 Å². The molecule has 2 fully saturated rings. The zero-order valence-electron chi connectivity index (χ0n) is 17.7. The van der Waals surface area contributed by atoms with Crippen LogP contribution in [0.5, 0.6) is 5.75 Å². The number of carbonyl (C=O) groups is 1. The molecular formula is C23H29N3O4S. The predicted octanol–water partition coefficient (Wildman–Crippen LogP) is 2.70. The van der Waals surface area contributed by atoms with Crippen LogP contribution in [0.4, 0.5) is 0 Å². The number of likely N-dealkylation sites (tertiary alicyclic amines) is 1. The van der Waals surface area contributed by atoms with Gasteiger partial charge in [-0.05, 0) is 69.1 Å². The molecule has 0 aromatic heterocycles. The summed E-state index contributed by atoms with van der Waals surface area (Å²) in [6.45, 7) is 2.42. The van der Waals surface area contributed by atoms with Crippen molar-refractivity contribution in [2.75, 3.05) is 26.7 Å². The van der Waals surface area contributed by atoms with Crippen molar-refractivity contribution in [2.45, 2.75) is 42.7 Å². The molecule has 0 bridgehead atoms. The number of hydrogen-bond donors (Lipinski definition) is 2. The van der Waals surface area contributed by atoms with E-state index >= 15 is 0 Å². The molecule has 2 aliphatic rings. The van der Waals surface area contributed by atoms with E-state index in [1.54, 1.807) is 19.2 Å². The minimum atomic E-state index is -3.52. The largest absolute Gasteiger partial charge is 0.496 e. The van der Waals surface area contributed by atoms with Gasteiger partial charge in [-0.15, -0.1) is 0 Å². The first-order valence-corrected chi connectivity index (χ1v) is 12.2. The summed E-state index contributed by atoms with van der Waals surface area (Å²) in [7, 11) is -1.86. The molecular weight excluding hydrogens is 414 g/mol. The Hall–Kier alpha value is -2.42. The normalized spacial score (nSPS) is 18.0. The number of amides is 1. The van der Waals surface area contributed by atoms with E-state index in [0.717, 1.165) is 50.1 Å². The van der Waals surface area contributed by atoms with E-state index < -0.39 is 10.0 Å². The molecule has 1 aliphatic heterocycles. The number of para-hydroxylation sites is 1. The quantitative estimate of drug-likeness (QED) is 0.622. The minimum absolute atomic E-state index is 0.0185. The third kappa shape index (κ3) is 5.26.